The Kier molecular flexibility index (Phi) is 11.2. The molecule has 0 spiro atoms. The van der Waals surface area contributed by atoms with E-state index in [1.54, 1.807) is 0 Å². The average molecular weight is 471 g/mol. The third-order valence-electron chi connectivity index (χ3n) is 4.00. The molecular weight excluding hydrogens is 444 g/mol. The van der Waals surface area contributed by atoms with E-state index in [9.17, 15) is 28.8 Å². The molecule has 1 heterocycles. The van der Waals surface area contributed by atoms with Crippen LogP contribution in [0.25, 0.3) is 0 Å². The Morgan fingerprint density at radius 1 is 1.12 bits per heavy atom. The van der Waals surface area contributed by atoms with Gasteiger partial charge in [-0.1, -0.05) is 25.6 Å². The lowest BCUT2D eigenvalue weighted by atomic mass is 9.86. The number of amides is 2. The maximum Gasteiger partial charge on any atom is 0.331 e. The summed E-state index contributed by atoms with van der Waals surface area (Å²) in [5.41, 5.74) is -1.20. The summed E-state index contributed by atoms with van der Waals surface area (Å²) in [5.74, 6) is -3.26. The van der Waals surface area contributed by atoms with Crippen LogP contribution in [-0.4, -0.2) is 73.5 Å². The molecule has 1 aliphatic heterocycles. The first-order valence-corrected chi connectivity index (χ1v) is 10.6. The Bertz CT molecular complexity index is 805. The van der Waals surface area contributed by atoms with Gasteiger partial charge in [0.25, 0.3) is 5.91 Å². The van der Waals surface area contributed by atoms with Gasteiger partial charge in [-0.25, -0.2) is 14.4 Å². The number of methoxy groups -OCH3 is 1. The quantitative estimate of drug-likeness (QED) is 0.309. The van der Waals surface area contributed by atoms with Gasteiger partial charge in [-0.2, -0.15) is 0 Å². The fourth-order valence-electron chi connectivity index (χ4n) is 2.32. The van der Waals surface area contributed by atoms with Crippen LogP contribution in [0.1, 0.15) is 20.3 Å². The second kappa shape index (κ2) is 13.3. The Labute approximate surface area is 189 Å². The molecule has 1 atom stereocenters. The number of thioether (sulfide) groups is 1. The van der Waals surface area contributed by atoms with Crippen molar-refractivity contribution >= 4 is 46.6 Å². The molecule has 0 saturated carbocycles. The largest absolute Gasteiger partial charge is 0.466 e. The van der Waals surface area contributed by atoms with E-state index < -0.39 is 40.4 Å². The van der Waals surface area contributed by atoms with Crippen LogP contribution in [0.2, 0.25) is 0 Å². The van der Waals surface area contributed by atoms with Crippen molar-refractivity contribution in [3.63, 3.8) is 0 Å². The molecule has 0 unspecified atom stereocenters. The lowest BCUT2D eigenvalue weighted by molar-refractivity contribution is -0.164. The van der Waals surface area contributed by atoms with Gasteiger partial charge >= 0.3 is 17.9 Å². The van der Waals surface area contributed by atoms with Gasteiger partial charge in [0.05, 0.1) is 7.11 Å². The highest BCUT2D eigenvalue weighted by molar-refractivity contribution is 8.14. The predicted molar refractivity (Wildman–Crippen MR) is 113 cm³/mol. The zero-order valence-electron chi connectivity index (χ0n) is 18.0. The zero-order valence-corrected chi connectivity index (χ0v) is 18.8. The Hall–Kier alpha value is -3.15. The van der Waals surface area contributed by atoms with Crippen LogP contribution in [0.3, 0.4) is 0 Å². The first-order valence-electron chi connectivity index (χ1n) is 9.58. The lowest BCUT2D eigenvalue weighted by Crippen LogP contribution is -2.49. The van der Waals surface area contributed by atoms with E-state index in [4.69, 9.17) is 9.47 Å². The minimum absolute atomic E-state index is 0.0155. The number of esters is 3. The second-order valence-corrected chi connectivity index (χ2v) is 8.26. The first-order chi connectivity index (χ1) is 15.0. The highest BCUT2D eigenvalue weighted by Gasteiger charge is 2.39. The van der Waals surface area contributed by atoms with Gasteiger partial charge in [0.2, 0.25) is 11.0 Å². The number of hydrogen-bond donors (Lipinski definition) is 2. The summed E-state index contributed by atoms with van der Waals surface area (Å²) in [4.78, 5) is 71.3. The summed E-state index contributed by atoms with van der Waals surface area (Å²) >= 11 is 0.911. The molecule has 32 heavy (non-hydrogen) atoms. The van der Waals surface area contributed by atoms with Crippen LogP contribution in [0.4, 0.5) is 0 Å². The molecule has 0 aromatic heterocycles. The number of ether oxygens (including phenoxy) is 3. The predicted octanol–water partition coefficient (Wildman–Crippen LogP) is -0.351. The van der Waals surface area contributed by atoms with E-state index in [1.807, 2.05) is 0 Å². The fraction of sp³-hybridized carbons (Fsp3) is 0.500. The molecule has 0 aliphatic carbocycles. The van der Waals surface area contributed by atoms with Crippen LogP contribution in [0, 0.1) is 5.41 Å². The summed E-state index contributed by atoms with van der Waals surface area (Å²) in [6.07, 6.45) is 2.21. The van der Waals surface area contributed by atoms with Gasteiger partial charge in [-0.15, -0.1) is 0 Å². The van der Waals surface area contributed by atoms with Crippen molar-refractivity contribution in [2.75, 3.05) is 32.6 Å². The summed E-state index contributed by atoms with van der Waals surface area (Å²) in [7, 11) is 1.15. The average Bonchev–Trinajstić information content (AvgIpc) is 2.75. The molecule has 0 radical (unpaired) electrons. The van der Waals surface area contributed by atoms with Gasteiger partial charge in [0.15, 0.2) is 6.10 Å². The topological polar surface area (TPSA) is 154 Å². The lowest BCUT2D eigenvalue weighted by Gasteiger charge is -2.31. The van der Waals surface area contributed by atoms with Gasteiger partial charge in [0, 0.05) is 48.9 Å². The molecule has 1 rings (SSSR count). The highest BCUT2D eigenvalue weighted by atomic mass is 32.2. The molecule has 0 fully saturated rings. The van der Waals surface area contributed by atoms with Crippen molar-refractivity contribution in [1.29, 1.82) is 0 Å². The summed E-state index contributed by atoms with van der Waals surface area (Å²) in [5, 5.41) is 4.71. The minimum atomic E-state index is -1.41. The van der Waals surface area contributed by atoms with E-state index in [1.165, 1.54) is 13.8 Å². The second-order valence-electron chi connectivity index (χ2n) is 7.16. The monoisotopic (exact) mass is 470 g/mol. The molecule has 176 valence electrons. The van der Waals surface area contributed by atoms with Crippen LogP contribution >= 0.6 is 11.8 Å². The SMILES string of the molecule is COC(=O)/C=C/C(=O)OCC(C)(C)[C@H]1OC(=O)/C=C/C(=O)SCCNC(=O)CCNC1=O. The van der Waals surface area contributed by atoms with E-state index >= 15 is 0 Å². The Balaban J connectivity index is 2.95. The molecule has 0 aromatic rings. The van der Waals surface area contributed by atoms with Crippen molar-refractivity contribution in [2.24, 2.45) is 5.41 Å². The maximum absolute atomic E-state index is 12.7. The summed E-state index contributed by atoms with van der Waals surface area (Å²) < 4.78 is 14.7. The van der Waals surface area contributed by atoms with Gasteiger partial charge in [-0.3, -0.25) is 14.4 Å². The van der Waals surface area contributed by atoms with Gasteiger partial charge < -0.3 is 24.8 Å². The third kappa shape index (κ3) is 10.2. The number of carbonyl (C=O) groups is 6. The number of rotatable bonds is 5. The van der Waals surface area contributed by atoms with E-state index in [0.29, 0.717) is 5.75 Å². The van der Waals surface area contributed by atoms with Crippen LogP contribution < -0.4 is 10.6 Å². The fourth-order valence-corrected chi connectivity index (χ4v) is 2.88. The van der Waals surface area contributed by atoms with Crippen molar-refractivity contribution in [3.05, 3.63) is 24.3 Å². The standard InChI is InChI=1S/C20H26N2O9S/c1-20(2,12-30-15(25)5-4-14(24)29-3)18-19(28)22-9-8-13(23)21-10-11-32-17(27)7-6-16(26)31-18/h4-7,18H,8-12H2,1-3H3,(H,21,23)(H,22,28)/b5-4+,7-6+/t18-/m0/s1. The maximum atomic E-state index is 12.7. The number of cyclic esters (lactones) is 1. The normalized spacial score (nSPS) is 20.3. The number of carbonyl (C=O) groups excluding carboxylic acids is 6. The Morgan fingerprint density at radius 2 is 1.81 bits per heavy atom. The molecule has 2 amide bonds. The molecular formula is C20H26N2O9S. The zero-order chi connectivity index (χ0) is 24.1. The van der Waals surface area contributed by atoms with Crippen molar-refractivity contribution in [2.45, 2.75) is 26.4 Å². The van der Waals surface area contributed by atoms with Crippen molar-refractivity contribution < 1.29 is 43.0 Å². The van der Waals surface area contributed by atoms with Crippen LogP contribution in [-0.2, 0) is 43.0 Å². The van der Waals surface area contributed by atoms with E-state index in [-0.39, 0.29) is 32.0 Å². The first kappa shape index (κ1) is 26.9. The molecule has 0 saturated heterocycles. The van der Waals surface area contributed by atoms with Crippen molar-refractivity contribution in [1.82, 2.24) is 10.6 Å². The van der Waals surface area contributed by atoms with Gasteiger partial charge in [0.1, 0.15) is 6.61 Å². The Morgan fingerprint density at radius 3 is 2.50 bits per heavy atom. The van der Waals surface area contributed by atoms with Crippen molar-refractivity contribution in [3.8, 4) is 0 Å². The summed E-state index contributed by atoms with van der Waals surface area (Å²) in [6, 6.07) is 0. The minimum Gasteiger partial charge on any atom is -0.466 e. The smallest absolute Gasteiger partial charge is 0.331 e. The van der Waals surface area contributed by atoms with E-state index in [0.717, 1.165) is 43.2 Å². The van der Waals surface area contributed by atoms with Crippen LogP contribution in [0.5, 0.6) is 0 Å². The highest BCUT2D eigenvalue weighted by Crippen LogP contribution is 2.25. The molecule has 1 aliphatic rings. The molecule has 12 heteroatoms. The van der Waals surface area contributed by atoms with Crippen LogP contribution in [0.15, 0.2) is 24.3 Å². The molecule has 0 aromatic carbocycles. The molecule has 2 N–H and O–H groups in total. The number of hydrogen-bond acceptors (Lipinski definition) is 10. The number of nitrogens with one attached hydrogen (secondary N) is 2. The molecule has 0 bridgehead atoms. The van der Waals surface area contributed by atoms with E-state index in [2.05, 4.69) is 15.4 Å². The summed E-state index contributed by atoms with van der Waals surface area (Å²) in [6.45, 7) is 2.94. The third-order valence-corrected chi connectivity index (χ3v) is 4.83. The molecule has 11 nitrogen and oxygen atoms in total. The van der Waals surface area contributed by atoms with Gasteiger partial charge in [-0.05, 0) is 6.08 Å².